The van der Waals surface area contributed by atoms with E-state index in [9.17, 15) is 15.0 Å². The molecule has 2 aromatic heterocycles. The van der Waals surface area contributed by atoms with Gasteiger partial charge >= 0.3 is 5.63 Å². The van der Waals surface area contributed by atoms with Crippen molar-refractivity contribution in [1.29, 1.82) is 0 Å². The number of pyridine rings is 1. The van der Waals surface area contributed by atoms with Gasteiger partial charge in [0.2, 0.25) is 0 Å². The summed E-state index contributed by atoms with van der Waals surface area (Å²) in [4.78, 5) is 18.0. The number of ether oxygens (including phenoxy) is 1. The van der Waals surface area contributed by atoms with E-state index in [1.54, 1.807) is 36.5 Å². The second-order valence-corrected chi connectivity index (χ2v) is 9.33. The third-order valence-electron chi connectivity index (χ3n) is 6.77. The third kappa shape index (κ3) is 3.65. The molecule has 3 aromatic carbocycles. The monoisotopic (exact) mass is 489 g/mol. The lowest BCUT2D eigenvalue weighted by atomic mass is 9.81. The van der Waals surface area contributed by atoms with Gasteiger partial charge in [0.1, 0.15) is 28.6 Å². The standard InChI is InChI=1S/C31H23NO5/c1-16-8-10-24-21(12-16)29(33)26(18(3)36-24)27(20-14-19-6-4-5-7-23(19)32-15-20)28-30(34)22-13-17(2)9-11-25(22)37-31(28)35/h4-15,27,33-34H,3H2,1-2H3. The second-order valence-electron chi connectivity index (χ2n) is 9.33. The van der Waals surface area contributed by atoms with Crippen molar-refractivity contribution in [3.05, 3.63) is 129 Å². The molecule has 1 unspecified atom stereocenters. The zero-order chi connectivity index (χ0) is 25.8. The maximum absolute atomic E-state index is 13.5. The number of aryl methyl sites for hydroxylation is 2. The average Bonchev–Trinajstić information content (AvgIpc) is 2.88. The van der Waals surface area contributed by atoms with Crippen LogP contribution in [0.15, 0.2) is 100 Å². The number of aliphatic hydroxyl groups excluding tert-OH is 1. The number of rotatable bonds is 3. The smallest absolute Gasteiger partial charge is 0.344 e. The second kappa shape index (κ2) is 8.38. The molecule has 1 aliphatic rings. The Morgan fingerprint density at radius 1 is 0.946 bits per heavy atom. The van der Waals surface area contributed by atoms with E-state index in [1.807, 2.05) is 50.2 Å². The lowest BCUT2D eigenvalue weighted by Crippen LogP contribution is -2.21. The lowest BCUT2D eigenvalue weighted by molar-refractivity contribution is 0.399. The van der Waals surface area contributed by atoms with Gasteiger partial charge in [0.15, 0.2) is 0 Å². The van der Waals surface area contributed by atoms with Crippen LogP contribution < -0.4 is 10.4 Å². The molecule has 6 heteroatoms. The van der Waals surface area contributed by atoms with E-state index in [0.717, 1.165) is 22.0 Å². The van der Waals surface area contributed by atoms with Gasteiger partial charge in [0, 0.05) is 17.2 Å². The molecular formula is C31H23NO5. The molecule has 37 heavy (non-hydrogen) atoms. The molecule has 6 rings (SSSR count). The molecule has 182 valence electrons. The molecule has 3 heterocycles. The first-order valence-corrected chi connectivity index (χ1v) is 11.8. The first kappa shape index (κ1) is 22.6. The first-order valence-electron chi connectivity index (χ1n) is 11.8. The van der Waals surface area contributed by atoms with Crippen molar-refractivity contribution in [1.82, 2.24) is 4.98 Å². The van der Waals surface area contributed by atoms with E-state index in [2.05, 4.69) is 11.6 Å². The molecule has 0 saturated carbocycles. The Balaban J connectivity index is 1.70. The fourth-order valence-corrected chi connectivity index (χ4v) is 4.97. The highest BCUT2D eigenvalue weighted by molar-refractivity contribution is 5.87. The molecule has 5 aromatic rings. The predicted molar refractivity (Wildman–Crippen MR) is 143 cm³/mol. The molecule has 0 saturated heterocycles. The third-order valence-corrected chi connectivity index (χ3v) is 6.77. The summed E-state index contributed by atoms with van der Waals surface area (Å²) in [7, 11) is 0. The van der Waals surface area contributed by atoms with Crippen LogP contribution in [0.5, 0.6) is 11.5 Å². The number of para-hydroxylation sites is 1. The summed E-state index contributed by atoms with van der Waals surface area (Å²) in [5.41, 5.74) is 3.39. The molecule has 6 nitrogen and oxygen atoms in total. The number of benzene rings is 3. The first-order chi connectivity index (χ1) is 17.8. The zero-order valence-electron chi connectivity index (χ0n) is 20.3. The van der Waals surface area contributed by atoms with Crippen LogP contribution >= 0.6 is 0 Å². The van der Waals surface area contributed by atoms with E-state index in [1.165, 1.54) is 0 Å². The fourth-order valence-electron chi connectivity index (χ4n) is 4.97. The van der Waals surface area contributed by atoms with Crippen LogP contribution in [-0.4, -0.2) is 15.2 Å². The Morgan fingerprint density at radius 2 is 1.70 bits per heavy atom. The van der Waals surface area contributed by atoms with Crippen molar-refractivity contribution in [2.75, 3.05) is 0 Å². The molecule has 0 bridgehead atoms. The number of fused-ring (bicyclic) bond motifs is 3. The van der Waals surface area contributed by atoms with E-state index < -0.39 is 11.5 Å². The fraction of sp³-hybridized carbons (Fsp3) is 0.0968. The topological polar surface area (TPSA) is 92.8 Å². The maximum atomic E-state index is 13.5. The summed E-state index contributed by atoms with van der Waals surface area (Å²) < 4.78 is 11.7. The van der Waals surface area contributed by atoms with Crippen molar-refractivity contribution in [3.63, 3.8) is 0 Å². The molecule has 2 N–H and O–H groups in total. The Bertz CT molecular complexity index is 1850. The molecular weight excluding hydrogens is 466 g/mol. The van der Waals surface area contributed by atoms with Gasteiger partial charge in [0.05, 0.1) is 27.9 Å². The quantitative estimate of drug-likeness (QED) is 0.275. The van der Waals surface area contributed by atoms with Crippen molar-refractivity contribution in [2.24, 2.45) is 0 Å². The van der Waals surface area contributed by atoms with Crippen LogP contribution in [0.2, 0.25) is 0 Å². The van der Waals surface area contributed by atoms with Crippen molar-refractivity contribution < 1.29 is 19.4 Å². The van der Waals surface area contributed by atoms with Gasteiger partial charge in [-0.3, -0.25) is 4.98 Å². The normalized spacial score (nSPS) is 14.1. The molecule has 0 spiro atoms. The Hall–Kier alpha value is -4.84. The predicted octanol–water partition coefficient (Wildman–Crippen LogP) is 6.67. The van der Waals surface area contributed by atoms with E-state index in [-0.39, 0.29) is 34.0 Å². The van der Waals surface area contributed by atoms with Crippen molar-refractivity contribution in [3.8, 4) is 11.5 Å². The summed E-state index contributed by atoms with van der Waals surface area (Å²) in [6.45, 7) is 7.86. The largest absolute Gasteiger partial charge is 0.507 e. The highest BCUT2D eigenvalue weighted by Gasteiger charge is 2.36. The summed E-state index contributed by atoms with van der Waals surface area (Å²) in [5.74, 6) is -0.667. The van der Waals surface area contributed by atoms with Crippen LogP contribution in [0.4, 0.5) is 0 Å². The summed E-state index contributed by atoms with van der Waals surface area (Å²) in [6, 6.07) is 20.1. The number of aromatic hydroxyl groups is 1. The molecule has 0 radical (unpaired) electrons. The summed E-state index contributed by atoms with van der Waals surface area (Å²) >= 11 is 0. The van der Waals surface area contributed by atoms with Gasteiger partial charge in [-0.05, 0) is 55.8 Å². The minimum atomic E-state index is -0.973. The summed E-state index contributed by atoms with van der Waals surface area (Å²) in [5, 5.41) is 24.3. The van der Waals surface area contributed by atoms with E-state index in [0.29, 0.717) is 22.3 Å². The number of allylic oxidation sites excluding steroid dienone is 1. The van der Waals surface area contributed by atoms with Crippen LogP contribution in [0, 0.1) is 13.8 Å². The van der Waals surface area contributed by atoms with Gasteiger partial charge in [-0.15, -0.1) is 0 Å². The highest BCUT2D eigenvalue weighted by Crippen LogP contribution is 2.47. The molecule has 0 fully saturated rings. The maximum Gasteiger partial charge on any atom is 0.344 e. The van der Waals surface area contributed by atoms with E-state index >= 15 is 0 Å². The summed E-state index contributed by atoms with van der Waals surface area (Å²) in [6.07, 6.45) is 1.63. The molecule has 1 atom stereocenters. The average molecular weight is 490 g/mol. The van der Waals surface area contributed by atoms with Gasteiger partial charge in [-0.1, -0.05) is 48.0 Å². The molecule has 1 aliphatic heterocycles. The van der Waals surface area contributed by atoms with Crippen LogP contribution in [0.3, 0.4) is 0 Å². The number of aliphatic hydroxyl groups is 1. The van der Waals surface area contributed by atoms with Crippen LogP contribution in [-0.2, 0) is 0 Å². The lowest BCUT2D eigenvalue weighted by Gasteiger charge is -2.28. The molecule has 0 aliphatic carbocycles. The van der Waals surface area contributed by atoms with E-state index in [4.69, 9.17) is 9.15 Å². The minimum Gasteiger partial charge on any atom is -0.507 e. The molecule has 0 amide bonds. The minimum absolute atomic E-state index is 0.0300. The highest BCUT2D eigenvalue weighted by atomic mass is 16.5. The number of nitrogens with zero attached hydrogens (tertiary/aromatic N) is 1. The zero-order valence-corrected chi connectivity index (χ0v) is 20.3. The number of hydrogen-bond donors (Lipinski definition) is 2. The Kier molecular flexibility index (Phi) is 5.12. The van der Waals surface area contributed by atoms with Gasteiger partial charge in [-0.25, -0.2) is 4.79 Å². The number of hydrogen-bond acceptors (Lipinski definition) is 6. The van der Waals surface area contributed by atoms with Crippen molar-refractivity contribution >= 4 is 27.6 Å². The Morgan fingerprint density at radius 3 is 2.54 bits per heavy atom. The Labute approximate surface area is 212 Å². The van der Waals surface area contributed by atoms with Crippen LogP contribution in [0.25, 0.3) is 27.6 Å². The van der Waals surface area contributed by atoms with Gasteiger partial charge in [-0.2, -0.15) is 0 Å². The number of aromatic nitrogens is 1. The van der Waals surface area contributed by atoms with Gasteiger partial charge < -0.3 is 19.4 Å². The van der Waals surface area contributed by atoms with Gasteiger partial charge in [0.25, 0.3) is 0 Å². The van der Waals surface area contributed by atoms with Crippen molar-refractivity contribution in [2.45, 2.75) is 19.8 Å². The van der Waals surface area contributed by atoms with Crippen LogP contribution in [0.1, 0.15) is 33.7 Å². The SMILES string of the molecule is C=C1Oc2ccc(C)cc2C(O)=C1C(c1cnc2ccccc2c1)c1c(O)c2cc(C)ccc2oc1=O.